The highest BCUT2D eigenvalue weighted by atomic mass is 32.2. The summed E-state index contributed by atoms with van der Waals surface area (Å²) in [5.41, 5.74) is -1.43. The van der Waals surface area contributed by atoms with E-state index < -0.39 is 79.7 Å². The fourth-order valence-corrected chi connectivity index (χ4v) is 10.0. The standard InChI is InChI=1S/C40H53N5O9S/c1-23-9-7-8-10-26-21-40(26,36(48)43-55(51,52)39(6)15-16-39)42-33(46)30-20-27(54-34-29-12-11-25-14-18-53-32(25)28(29)13-17-41-34)22-44(30)35(47)31(24(2)19-23)45(37(49)50)38(3,4)5/h8,10-13,17,23-24,26-27,30-31H,7,9,14-16,18-22H2,1-6H3,(H,42,46)(H,43,48)(H,49,50)/b10-8-/t23-,24-,26-,27-,30+,31+,40-/m1/s1. The molecule has 3 fully saturated rings. The first kappa shape index (κ1) is 38.9. The van der Waals surface area contributed by atoms with E-state index in [0.717, 1.165) is 29.5 Å². The number of carbonyl (C=O) groups excluding carboxylic acids is 3. The van der Waals surface area contributed by atoms with Gasteiger partial charge in [0.25, 0.3) is 5.91 Å². The molecule has 298 valence electrons. The van der Waals surface area contributed by atoms with E-state index in [2.05, 4.69) is 21.9 Å². The zero-order valence-electron chi connectivity index (χ0n) is 32.5. The molecule has 1 saturated heterocycles. The quantitative estimate of drug-likeness (QED) is 0.352. The number of hydrogen-bond acceptors (Lipinski definition) is 9. The van der Waals surface area contributed by atoms with Crippen LogP contribution in [0.15, 0.2) is 36.5 Å². The second-order valence-electron chi connectivity index (χ2n) is 17.6. The molecule has 0 spiro atoms. The number of allylic oxidation sites excluding steroid dienone is 1. The molecule has 5 aliphatic rings. The summed E-state index contributed by atoms with van der Waals surface area (Å²) in [6.45, 7) is 11.3. The molecule has 0 radical (unpaired) electrons. The molecule has 14 nitrogen and oxygen atoms in total. The van der Waals surface area contributed by atoms with Crippen LogP contribution in [0.4, 0.5) is 4.79 Å². The van der Waals surface area contributed by atoms with Gasteiger partial charge in [0.1, 0.15) is 29.5 Å². The van der Waals surface area contributed by atoms with Crippen molar-refractivity contribution in [3.63, 3.8) is 0 Å². The highest BCUT2D eigenvalue weighted by molar-refractivity contribution is 7.91. The van der Waals surface area contributed by atoms with Crippen molar-refractivity contribution in [3.05, 3.63) is 42.1 Å². The molecular weight excluding hydrogens is 727 g/mol. The number of rotatable bonds is 6. The first-order chi connectivity index (χ1) is 25.8. The van der Waals surface area contributed by atoms with Crippen LogP contribution in [0.3, 0.4) is 0 Å². The lowest BCUT2D eigenvalue weighted by Gasteiger charge is -2.43. The number of carboxylic acid groups (broad SMARTS) is 1. The van der Waals surface area contributed by atoms with Crippen molar-refractivity contribution >= 4 is 44.6 Å². The summed E-state index contributed by atoms with van der Waals surface area (Å²) >= 11 is 0. The van der Waals surface area contributed by atoms with Crippen molar-refractivity contribution in [2.24, 2.45) is 17.8 Å². The lowest BCUT2D eigenvalue weighted by atomic mass is 9.85. The third-order valence-corrected chi connectivity index (χ3v) is 14.4. The molecule has 1 aromatic carbocycles. The number of fused-ring (bicyclic) bond motifs is 5. The maximum absolute atomic E-state index is 15.1. The Bertz CT molecular complexity index is 2040. The Balaban J connectivity index is 1.26. The molecule has 3 aliphatic heterocycles. The second-order valence-corrected chi connectivity index (χ2v) is 19.8. The van der Waals surface area contributed by atoms with Gasteiger partial charge in [0.15, 0.2) is 0 Å². The maximum atomic E-state index is 15.1. The fraction of sp³-hybridized carbons (Fsp3) is 0.625. The van der Waals surface area contributed by atoms with Crippen LogP contribution < -0.4 is 19.5 Å². The van der Waals surface area contributed by atoms with Crippen LogP contribution in [0, 0.1) is 17.8 Å². The number of benzene rings is 1. The van der Waals surface area contributed by atoms with Gasteiger partial charge in [-0.2, -0.15) is 0 Å². The summed E-state index contributed by atoms with van der Waals surface area (Å²) < 4.78 is 40.1. The van der Waals surface area contributed by atoms with Gasteiger partial charge in [0.2, 0.25) is 27.7 Å². The molecule has 15 heteroatoms. The molecule has 2 saturated carbocycles. The lowest BCUT2D eigenvalue weighted by Crippen LogP contribution is -2.62. The van der Waals surface area contributed by atoms with Crippen LogP contribution in [0.5, 0.6) is 11.6 Å². The number of carbonyl (C=O) groups is 4. The highest BCUT2D eigenvalue weighted by Gasteiger charge is 2.63. The molecule has 7 atom stereocenters. The van der Waals surface area contributed by atoms with Crippen molar-refractivity contribution in [1.82, 2.24) is 24.8 Å². The van der Waals surface area contributed by atoms with Crippen LogP contribution in [-0.4, -0.2) is 99.3 Å². The molecule has 4 amide bonds. The summed E-state index contributed by atoms with van der Waals surface area (Å²) in [7, 11) is -4.01. The largest absolute Gasteiger partial charge is 0.492 e. The van der Waals surface area contributed by atoms with Crippen molar-refractivity contribution in [3.8, 4) is 11.6 Å². The van der Waals surface area contributed by atoms with E-state index in [9.17, 15) is 27.9 Å². The Morgan fingerprint density at radius 3 is 2.56 bits per heavy atom. The summed E-state index contributed by atoms with van der Waals surface area (Å²) in [5, 5.41) is 15.0. The number of nitrogens with one attached hydrogen (secondary N) is 2. The monoisotopic (exact) mass is 779 g/mol. The molecule has 2 aromatic rings. The van der Waals surface area contributed by atoms with E-state index in [1.54, 1.807) is 33.9 Å². The van der Waals surface area contributed by atoms with Crippen LogP contribution >= 0.6 is 0 Å². The number of hydrogen-bond donors (Lipinski definition) is 3. The summed E-state index contributed by atoms with van der Waals surface area (Å²) in [5.74, 6) is -1.69. The average Bonchev–Trinajstić information content (AvgIpc) is 3.88. The Hall–Kier alpha value is -4.40. The van der Waals surface area contributed by atoms with Crippen molar-refractivity contribution in [1.29, 1.82) is 0 Å². The van der Waals surface area contributed by atoms with E-state index in [0.29, 0.717) is 43.6 Å². The predicted octanol–water partition coefficient (Wildman–Crippen LogP) is 4.55. The number of ether oxygens (including phenoxy) is 2. The molecule has 2 aliphatic carbocycles. The Labute approximate surface area is 322 Å². The highest BCUT2D eigenvalue weighted by Crippen LogP contribution is 2.48. The Kier molecular flexibility index (Phi) is 9.86. The zero-order chi connectivity index (χ0) is 39.7. The third kappa shape index (κ3) is 7.24. The van der Waals surface area contributed by atoms with Gasteiger partial charge in [0, 0.05) is 41.3 Å². The first-order valence-electron chi connectivity index (χ1n) is 19.4. The van der Waals surface area contributed by atoms with Gasteiger partial charge in [-0.25, -0.2) is 18.2 Å². The molecule has 7 rings (SSSR count). The van der Waals surface area contributed by atoms with Gasteiger partial charge in [-0.15, -0.1) is 0 Å². The minimum atomic E-state index is -4.01. The second kappa shape index (κ2) is 14.0. The van der Waals surface area contributed by atoms with E-state index in [1.165, 1.54) is 9.80 Å². The number of amides is 4. The third-order valence-electron chi connectivity index (χ3n) is 12.2. The Morgan fingerprint density at radius 1 is 1.13 bits per heavy atom. The lowest BCUT2D eigenvalue weighted by molar-refractivity contribution is -0.146. The zero-order valence-corrected chi connectivity index (χ0v) is 33.3. The summed E-state index contributed by atoms with van der Waals surface area (Å²) in [6, 6.07) is 3.45. The molecule has 3 N–H and O–H groups in total. The molecule has 0 unspecified atom stereocenters. The van der Waals surface area contributed by atoms with E-state index >= 15 is 4.79 Å². The van der Waals surface area contributed by atoms with Crippen LogP contribution in [0.25, 0.3) is 10.8 Å². The van der Waals surface area contributed by atoms with Gasteiger partial charge in [-0.05, 0) is 95.8 Å². The summed E-state index contributed by atoms with van der Waals surface area (Å²) in [6.07, 6.45) is 7.26. The maximum Gasteiger partial charge on any atom is 0.408 e. The van der Waals surface area contributed by atoms with Crippen LogP contribution in [0.2, 0.25) is 0 Å². The van der Waals surface area contributed by atoms with Crippen molar-refractivity contribution < 1.29 is 42.2 Å². The van der Waals surface area contributed by atoms with Crippen molar-refractivity contribution in [2.45, 2.75) is 127 Å². The summed E-state index contributed by atoms with van der Waals surface area (Å²) in [4.78, 5) is 63.7. The molecular formula is C40H53N5O9S. The van der Waals surface area contributed by atoms with E-state index in [1.807, 2.05) is 37.3 Å². The topological polar surface area (TPSA) is 185 Å². The molecule has 4 heterocycles. The molecule has 55 heavy (non-hydrogen) atoms. The van der Waals surface area contributed by atoms with Gasteiger partial charge in [-0.3, -0.25) is 24.0 Å². The fourth-order valence-electron chi connectivity index (χ4n) is 8.69. The van der Waals surface area contributed by atoms with Gasteiger partial charge < -0.3 is 24.8 Å². The van der Waals surface area contributed by atoms with Crippen LogP contribution in [0.1, 0.15) is 92.1 Å². The minimum Gasteiger partial charge on any atom is -0.492 e. The molecule has 0 bridgehead atoms. The number of nitrogens with zero attached hydrogens (tertiary/aromatic N) is 3. The van der Waals surface area contributed by atoms with Gasteiger partial charge >= 0.3 is 6.09 Å². The molecule has 1 aromatic heterocycles. The minimum absolute atomic E-state index is 0.0196. The average molecular weight is 780 g/mol. The van der Waals surface area contributed by atoms with Crippen LogP contribution in [-0.2, 0) is 30.8 Å². The van der Waals surface area contributed by atoms with E-state index in [-0.39, 0.29) is 25.3 Å². The number of aromatic nitrogens is 1. The Morgan fingerprint density at radius 2 is 1.87 bits per heavy atom. The number of pyridine rings is 1. The SMILES string of the molecule is C[C@@H]1CC/C=C\[C@@H]2C[C@@]2(C(=O)NS(=O)(=O)C2(C)CC2)NC(=O)[C@@H]2C[C@@H](Oc3nccc4c5c(ccc34)CCO5)CN2C(=O)[C@@H](N(C(=O)O)C(C)(C)C)[C@H](C)C1. The number of sulfonamides is 1. The predicted molar refractivity (Wildman–Crippen MR) is 204 cm³/mol. The van der Waals surface area contributed by atoms with Gasteiger partial charge in [-0.1, -0.05) is 32.1 Å². The smallest absolute Gasteiger partial charge is 0.408 e. The van der Waals surface area contributed by atoms with Crippen molar-refractivity contribution in [2.75, 3.05) is 13.2 Å². The van der Waals surface area contributed by atoms with Gasteiger partial charge in [0.05, 0.1) is 17.9 Å². The van der Waals surface area contributed by atoms with E-state index in [4.69, 9.17) is 9.47 Å². The first-order valence-corrected chi connectivity index (χ1v) is 20.9. The normalized spacial score (nSPS) is 31.1.